The largest absolute Gasteiger partial charge is 0.378 e. The van der Waals surface area contributed by atoms with E-state index in [1.54, 1.807) is 6.08 Å². The summed E-state index contributed by atoms with van der Waals surface area (Å²) in [5, 5.41) is -0.173. The number of rotatable bonds is 4. The molecular weight excluding hydrogens is 272 g/mol. The predicted octanol–water partition coefficient (Wildman–Crippen LogP) is 3.20. The van der Waals surface area contributed by atoms with Gasteiger partial charge < -0.3 is 4.90 Å². The maximum atomic E-state index is 12.1. The van der Waals surface area contributed by atoms with Crippen molar-refractivity contribution in [2.45, 2.75) is 13.3 Å². The van der Waals surface area contributed by atoms with Crippen LogP contribution >= 0.6 is 11.8 Å². The molecule has 1 aliphatic heterocycles. The third-order valence-electron chi connectivity index (χ3n) is 3.03. The van der Waals surface area contributed by atoms with Gasteiger partial charge in [0.05, 0.1) is 4.91 Å². The molecule has 0 N–H and O–H groups in total. The number of benzene rings is 1. The fourth-order valence-corrected chi connectivity index (χ4v) is 2.80. The first-order chi connectivity index (χ1) is 9.52. The molecular formula is C15H18N2O2S. The van der Waals surface area contributed by atoms with Crippen molar-refractivity contribution in [3.8, 4) is 0 Å². The van der Waals surface area contributed by atoms with Crippen LogP contribution in [0.5, 0.6) is 0 Å². The highest BCUT2D eigenvalue weighted by atomic mass is 32.2. The first kappa shape index (κ1) is 14.7. The molecule has 106 valence electrons. The van der Waals surface area contributed by atoms with E-state index < -0.39 is 0 Å². The average molecular weight is 290 g/mol. The van der Waals surface area contributed by atoms with Crippen molar-refractivity contribution >= 4 is 34.7 Å². The molecule has 2 rings (SSSR count). The van der Waals surface area contributed by atoms with Gasteiger partial charge in [0.2, 0.25) is 0 Å². The standard InChI is InChI=1S/C15H18N2O2S/c1-4-9-17-14(18)13(20-15(17)19)10-11-5-7-12(8-6-11)16(2)3/h5-8,10H,4,9H2,1-3H3/b13-10+. The molecule has 0 aromatic heterocycles. The highest BCUT2D eigenvalue weighted by molar-refractivity contribution is 8.18. The topological polar surface area (TPSA) is 40.6 Å². The Hall–Kier alpha value is -1.75. The van der Waals surface area contributed by atoms with Crippen LogP contribution in [0.25, 0.3) is 6.08 Å². The van der Waals surface area contributed by atoms with Gasteiger partial charge in [0, 0.05) is 26.3 Å². The first-order valence-corrected chi connectivity index (χ1v) is 7.37. The molecule has 5 heteroatoms. The zero-order valence-electron chi connectivity index (χ0n) is 11.9. The third-order valence-corrected chi connectivity index (χ3v) is 3.94. The molecule has 1 aromatic rings. The number of imide groups is 1. The maximum Gasteiger partial charge on any atom is 0.293 e. The number of hydrogen-bond donors (Lipinski definition) is 0. The second-order valence-corrected chi connectivity index (χ2v) is 5.81. The van der Waals surface area contributed by atoms with Crippen LogP contribution in [0.4, 0.5) is 10.5 Å². The maximum absolute atomic E-state index is 12.1. The number of carbonyl (C=O) groups is 2. The first-order valence-electron chi connectivity index (χ1n) is 6.55. The summed E-state index contributed by atoms with van der Waals surface area (Å²) in [6, 6.07) is 7.87. The Labute approximate surface area is 123 Å². The summed E-state index contributed by atoms with van der Waals surface area (Å²) in [5.41, 5.74) is 2.03. The molecule has 0 radical (unpaired) electrons. The van der Waals surface area contributed by atoms with Crippen LogP contribution in [-0.4, -0.2) is 36.7 Å². The Morgan fingerprint density at radius 1 is 1.20 bits per heavy atom. The molecule has 4 nitrogen and oxygen atoms in total. The Morgan fingerprint density at radius 2 is 1.85 bits per heavy atom. The summed E-state index contributed by atoms with van der Waals surface area (Å²) in [5.74, 6) is -0.182. The van der Waals surface area contributed by atoms with Gasteiger partial charge in [-0.25, -0.2) is 0 Å². The van der Waals surface area contributed by atoms with Crippen LogP contribution in [0, 0.1) is 0 Å². The highest BCUT2D eigenvalue weighted by Crippen LogP contribution is 2.32. The SMILES string of the molecule is CCCN1C(=O)S/C(=C/c2ccc(N(C)C)cc2)C1=O. The zero-order chi connectivity index (χ0) is 14.7. The Kier molecular flexibility index (Phi) is 4.49. The lowest BCUT2D eigenvalue weighted by Gasteiger charge is -2.12. The molecule has 1 aromatic carbocycles. The van der Waals surface area contributed by atoms with Crippen LogP contribution < -0.4 is 4.90 Å². The highest BCUT2D eigenvalue weighted by Gasteiger charge is 2.34. The summed E-state index contributed by atoms with van der Waals surface area (Å²) >= 11 is 1.02. The van der Waals surface area contributed by atoms with Crippen LogP contribution in [0.3, 0.4) is 0 Å². The van der Waals surface area contributed by atoms with Crippen molar-refractivity contribution in [2.75, 3.05) is 25.5 Å². The van der Waals surface area contributed by atoms with Crippen LogP contribution in [-0.2, 0) is 4.79 Å². The van der Waals surface area contributed by atoms with Crippen molar-refractivity contribution in [3.63, 3.8) is 0 Å². The van der Waals surface area contributed by atoms with E-state index in [1.165, 1.54) is 4.90 Å². The van der Waals surface area contributed by atoms with Gasteiger partial charge in [-0.3, -0.25) is 14.5 Å². The van der Waals surface area contributed by atoms with E-state index in [2.05, 4.69) is 0 Å². The van der Waals surface area contributed by atoms with Crippen LogP contribution in [0.2, 0.25) is 0 Å². The van der Waals surface area contributed by atoms with E-state index >= 15 is 0 Å². The number of thioether (sulfide) groups is 1. The number of hydrogen-bond acceptors (Lipinski definition) is 4. The van der Waals surface area contributed by atoms with E-state index in [0.29, 0.717) is 11.4 Å². The molecule has 1 fully saturated rings. The lowest BCUT2D eigenvalue weighted by atomic mass is 10.2. The fourth-order valence-electron chi connectivity index (χ4n) is 1.94. The molecule has 0 atom stereocenters. The average Bonchev–Trinajstić information content (AvgIpc) is 2.67. The molecule has 1 heterocycles. The van der Waals surface area contributed by atoms with Crippen molar-refractivity contribution in [2.24, 2.45) is 0 Å². The monoisotopic (exact) mass is 290 g/mol. The number of anilines is 1. The van der Waals surface area contributed by atoms with Gasteiger partial charge in [0.25, 0.3) is 11.1 Å². The quantitative estimate of drug-likeness (QED) is 0.798. The molecule has 1 saturated heterocycles. The lowest BCUT2D eigenvalue weighted by molar-refractivity contribution is -0.122. The van der Waals surface area contributed by atoms with E-state index in [4.69, 9.17) is 0 Å². The third kappa shape index (κ3) is 3.04. The van der Waals surface area contributed by atoms with Crippen molar-refractivity contribution in [1.82, 2.24) is 4.90 Å². The van der Waals surface area contributed by atoms with Crippen LogP contribution in [0.1, 0.15) is 18.9 Å². The van der Waals surface area contributed by atoms with E-state index in [9.17, 15) is 9.59 Å². The van der Waals surface area contributed by atoms with E-state index in [-0.39, 0.29) is 11.1 Å². The molecule has 0 aliphatic carbocycles. The van der Waals surface area contributed by atoms with Gasteiger partial charge in [-0.1, -0.05) is 19.1 Å². The van der Waals surface area contributed by atoms with Crippen molar-refractivity contribution < 1.29 is 9.59 Å². The summed E-state index contributed by atoms with van der Waals surface area (Å²) in [6.07, 6.45) is 2.56. The molecule has 1 aliphatic rings. The molecule has 0 saturated carbocycles. The van der Waals surface area contributed by atoms with Gasteiger partial charge in [-0.05, 0) is 42.0 Å². The minimum atomic E-state index is -0.182. The number of nitrogens with zero attached hydrogens (tertiary/aromatic N) is 2. The van der Waals surface area contributed by atoms with Crippen molar-refractivity contribution in [3.05, 3.63) is 34.7 Å². The minimum Gasteiger partial charge on any atom is -0.378 e. The van der Waals surface area contributed by atoms with Gasteiger partial charge >= 0.3 is 0 Å². The summed E-state index contributed by atoms with van der Waals surface area (Å²) in [6.45, 7) is 2.44. The van der Waals surface area contributed by atoms with E-state index in [0.717, 1.165) is 29.4 Å². The Bertz CT molecular complexity index is 549. The van der Waals surface area contributed by atoms with Gasteiger partial charge in [0.1, 0.15) is 0 Å². The lowest BCUT2D eigenvalue weighted by Crippen LogP contribution is -2.28. The molecule has 2 amide bonds. The van der Waals surface area contributed by atoms with Gasteiger partial charge in [-0.2, -0.15) is 0 Å². The summed E-state index contributed by atoms with van der Waals surface area (Å²) in [7, 11) is 3.95. The fraction of sp³-hybridized carbons (Fsp3) is 0.333. The molecule has 20 heavy (non-hydrogen) atoms. The zero-order valence-corrected chi connectivity index (χ0v) is 12.7. The van der Waals surface area contributed by atoms with Gasteiger partial charge in [-0.15, -0.1) is 0 Å². The van der Waals surface area contributed by atoms with E-state index in [1.807, 2.05) is 50.2 Å². The van der Waals surface area contributed by atoms with Crippen LogP contribution in [0.15, 0.2) is 29.2 Å². The predicted molar refractivity (Wildman–Crippen MR) is 83.7 cm³/mol. The Balaban J connectivity index is 2.19. The molecule has 0 unspecified atom stereocenters. The molecule has 0 bridgehead atoms. The smallest absolute Gasteiger partial charge is 0.293 e. The van der Waals surface area contributed by atoms with Crippen molar-refractivity contribution in [1.29, 1.82) is 0 Å². The summed E-state index contributed by atoms with van der Waals surface area (Å²) < 4.78 is 0. The summed E-state index contributed by atoms with van der Waals surface area (Å²) in [4.78, 5) is 27.7. The number of carbonyl (C=O) groups excluding carboxylic acids is 2. The minimum absolute atomic E-state index is 0.173. The Morgan fingerprint density at radius 3 is 2.40 bits per heavy atom. The normalized spacial score (nSPS) is 17.1. The van der Waals surface area contributed by atoms with Gasteiger partial charge in [0.15, 0.2) is 0 Å². The second kappa shape index (κ2) is 6.13. The number of amides is 2. The second-order valence-electron chi connectivity index (χ2n) is 4.82. The molecule has 0 spiro atoms.